The summed E-state index contributed by atoms with van der Waals surface area (Å²) in [4.78, 5) is 0. The topological polar surface area (TPSA) is 41.5 Å². The van der Waals surface area contributed by atoms with E-state index in [2.05, 4.69) is 12.2 Å². The number of ether oxygens (including phenoxy) is 1. The minimum Gasteiger partial charge on any atom is -0.392 e. The van der Waals surface area contributed by atoms with Crippen molar-refractivity contribution in [2.24, 2.45) is 0 Å². The van der Waals surface area contributed by atoms with Gasteiger partial charge in [0.1, 0.15) is 0 Å². The van der Waals surface area contributed by atoms with Crippen molar-refractivity contribution >= 4 is 0 Å². The monoisotopic (exact) mass is 159 g/mol. The molecule has 0 aliphatic carbocycles. The van der Waals surface area contributed by atoms with Gasteiger partial charge in [-0.2, -0.15) is 0 Å². The molecule has 3 nitrogen and oxygen atoms in total. The van der Waals surface area contributed by atoms with Gasteiger partial charge in [0.2, 0.25) is 0 Å². The van der Waals surface area contributed by atoms with Gasteiger partial charge in [0.25, 0.3) is 0 Å². The maximum absolute atomic E-state index is 9.00. The van der Waals surface area contributed by atoms with Crippen molar-refractivity contribution in [3.05, 3.63) is 0 Å². The Morgan fingerprint density at radius 2 is 2.45 bits per heavy atom. The Morgan fingerprint density at radius 1 is 1.73 bits per heavy atom. The summed E-state index contributed by atoms with van der Waals surface area (Å²) in [5.74, 6) is 0. The van der Waals surface area contributed by atoms with E-state index in [0.29, 0.717) is 18.7 Å². The molecule has 1 rings (SSSR count). The Bertz CT molecular complexity index is 117. The second kappa shape index (κ2) is 4.04. The predicted octanol–water partition coefficient (Wildman–Crippen LogP) is 0.134. The van der Waals surface area contributed by atoms with Crippen molar-refractivity contribution in [1.82, 2.24) is 5.32 Å². The van der Waals surface area contributed by atoms with Crippen LogP contribution < -0.4 is 5.32 Å². The highest BCUT2D eigenvalue weighted by Crippen LogP contribution is 2.11. The summed E-state index contributed by atoms with van der Waals surface area (Å²) < 4.78 is 5.35. The van der Waals surface area contributed by atoms with Gasteiger partial charge in [-0.25, -0.2) is 0 Å². The quantitative estimate of drug-likeness (QED) is 0.615. The maximum Gasteiger partial charge on any atom is 0.0700 e. The van der Waals surface area contributed by atoms with E-state index in [1.165, 1.54) is 0 Å². The third-order valence-electron chi connectivity index (χ3n) is 2.05. The molecule has 1 saturated heterocycles. The Balaban J connectivity index is 2.15. The highest BCUT2D eigenvalue weighted by Gasteiger charge is 2.23. The minimum atomic E-state index is -0.261. The lowest BCUT2D eigenvalue weighted by atomic mass is 10.1. The minimum absolute atomic E-state index is 0.261. The van der Waals surface area contributed by atoms with Crippen LogP contribution in [0.4, 0.5) is 0 Å². The summed E-state index contributed by atoms with van der Waals surface area (Å²) in [7, 11) is 0. The smallest absolute Gasteiger partial charge is 0.0700 e. The summed E-state index contributed by atoms with van der Waals surface area (Å²) in [5, 5.41) is 12.3. The van der Waals surface area contributed by atoms with Crippen molar-refractivity contribution in [1.29, 1.82) is 0 Å². The number of aliphatic hydroxyl groups is 1. The van der Waals surface area contributed by atoms with E-state index < -0.39 is 0 Å². The van der Waals surface area contributed by atoms with Crippen LogP contribution >= 0.6 is 0 Å². The zero-order valence-electron chi connectivity index (χ0n) is 7.21. The van der Waals surface area contributed by atoms with Crippen LogP contribution in [0.25, 0.3) is 0 Å². The molecule has 0 amide bonds. The first kappa shape index (κ1) is 8.97. The molecule has 0 spiro atoms. The average molecular weight is 159 g/mol. The van der Waals surface area contributed by atoms with Gasteiger partial charge in [-0.3, -0.25) is 0 Å². The lowest BCUT2D eigenvalue weighted by molar-refractivity contribution is 0.108. The van der Waals surface area contributed by atoms with Crippen molar-refractivity contribution < 1.29 is 9.84 Å². The zero-order valence-corrected chi connectivity index (χ0v) is 7.21. The summed E-state index contributed by atoms with van der Waals surface area (Å²) in [6.45, 7) is 5.36. The van der Waals surface area contributed by atoms with Crippen LogP contribution in [0.1, 0.15) is 20.3 Å². The SMILES string of the molecule is C[C@H](O)CN[C@H]1CCO[C@@H]1C. The fraction of sp³-hybridized carbons (Fsp3) is 1.00. The molecular formula is C8H17NO2. The molecule has 0 aromatic heterocycles. The molecule has 0 aromatic carbocycles. The molecule has 1 heterocycles. The molecule has 66 valence electrons. The molecular weight excluding hydrogens is 142 g/mol. The van der Waals surface area contributed by atoms with E-state index in [1.807, 2.05) is 0 Å². The molecule has 0 unspecified atom stereocenters. The summed E-state index contributed by atoms with van der Waals surface area (Å²) in [5.41, 5.74) is 0. The van der Waals surface area contributed by atoms with E-state index >= 15 is 0 Å². The number of hydrogen-bond donors (Lipinski definition) is 2. The summed E-state index contributed by atoms with van der Waals surface area (Å²) in [6.07, 6.45) is 1.10. The summed E-state index contributed by atoms with van der Waals surface area (Å²) >= 11 is 0. The van der Waals surface area contributed by atoms with E-state index in [1.54, 1.807) is 6.92 Å². The Morgan fingerprint density at radius 3 is 2.91 bits per heavy atom. The predicted molar refractivity (Wildman–Crippen MR) is 43.5 cm³/mol. The highest BCUT2D eigenvalue weighted by molar-refractivity contribution is 4.79. The van der Waals surface area contributed by atoms with E-state index in [9.17, 15) is 0 Å². The van der Waals surface area contributed by atoms with Crippen molar-refractivity contribution in [3.8, 4) is 0 Å². The molecule has 0 bridgehead atoms. The van der Waals surface area contributed by atoms with Gasteiger partial charge in [-0.1, -0.05) is 0 Å². The fourth-order valence-electron chi connectivity index (χ4n) is 1.32. The van der Waals surface area contributed by atoms with Crippen LogP contribution in [0.3, 0.4) is 0 Å². The van der Waals surface area contributed by atoms with Gasteiger partial charge in [0, 0.05) is 19.2 Å². The first-order valence-corrected chi connectivity index (χ1v) is 4.23. The lowest BCUT2D eigenvalue weighted by Crippen LogP contribution is -2.38. The van der Waals surface area contributed by atoms with Crippen LogP contribution in [0.5, 0.6) is 0 Å². The Kier molecular flexibility index (Phi) is 3.30. The molecule has 0 radical (unpaired) electrons. The lowest BCUT2D eigenvalue weighted by Gasteiger charge is -2.16. The van der Waals surface area contributed by atoms with Gasteiger partial charge < -0.3 is 15.2 Å². The molecule has 11 heavy (non-hydrogen) atoms. The molecule has 1 aliphatic rings. The van der Waals surface area contributed by atoms with Crippen molar-refractivity contribution in [2.75, 3.05) is 13.2 Å². The normalized spacial score (nSPS) is 34.1. The van der Waals surface area contributed by atoms with Crippen LogP contribution in [0, 0.1) is 0 Å². The maximum atomic E-state index is 9.00. The second-order valence-corrected chi connectivity index (χ2v) is 3.23. The zero-order chi connectivity index (χ0) is 8.27. The molecule has 1 fully saturated rings. The van der Waals surface area contributed by atoms with Crippen LogP contribution in [-0.2, 0) is 4.74 Å². The third-order valence-corrected chi connectivity index (χ3v) is 2.05. The number of nitrogens with one attached hydrogen (secondary N) is 1. The van der Waals surface area contributed by atoms with Gasteiger partial charge >= 0.3 is 0 Å². The first-order valence-electron chi connectivity index (χ1n) is 4.23. The average Bonchev–Trinajstić information content (AvgIpc) is 2.31. The Labute approximate surface area is 67.7 Å². The van der Waals surface area contributed by atoms with E-state index in [-0.39, 0.29) is 6.10 Å². The molecule has 0 aromatic rings. The molecule has 2 N–H and O–H groups in total. The van der Waals surface area contributed by atoms with Crippen LogP contribution in [0.2, 0.25) is 0 Å². The molecule has 1 aliphatic heterocycles. The van der Waals surface area contributed by atoms with Gasteiger partial charge in [0.15, 0.2) is 0 Å². The van der Waals surface area contributed by atoms with E-state index in [0.717, 1.165) is 13.0 Å². The van der Waals surface area contributed by atoms with Gasteiger partial charge in [-0.15, -0.1) is 0 Å². The van der Waals surface area contributed by atoms with Crippen molar-refractivity contribution in [2.45, 2.75) is 38.5 Å². The largest absolute Gasteiger partial charge is 0.392 e. The summed E-state index contributed by atoms with van der Waals surface area (Å²) in [6, 6.07) is 0.435. The second-order valence-electron chi connectivity index (χ2n) is 3.23. The van der Waals surface area contributed by atoms with Crippen LogP contribution in [-0.4, -0.2) is 36.5 Å². The highest BCUT2D eigenvalue weighted by atomic mass is 16.5. The molecule has 3 heteroatoms. The van der Waals surface area contributed by atoms with Crippen LogP contribution in [0.15, 0.2) is 0 Å². The number of hydrogen-bond acceptors (Lipinski definition) is 3. The van der Waals surface area contributed by atoms with Gasteiger partial charge in [-0.05, 0) is 20.3 Å². The third kappa shape index (κ3) is 2.77. The van der Waals surface area contributed by atoms with Crippen molar-refractivity contribution in [3.63, 3.8) is 0 Å². The number of rotatable bonds is 3. The number of aliphatic hydroxyl groups excluding tert-OH is 1. The van der Waals surface area contributed by atoms with E-state index in [4.69, 9.17) is 9.84 Å². The standard InChI is InChI=1S/C8H17NO2/c1-6(10)5-9-8-3-4-11-7(8)2/h6-10H,3-5H2,1-2H3/t6-,7+,8-/m0/s1. The molecule has 0 saturated carbocycles. The molecule has 3 atom stereocenters. The Hall–Kier alpha value is -0.120. The van der Waals surface area contributed by atoms with Gasteiger partial charge in [0.05, 0.1) is 12.2 Å². The first-order chi connectivity index (χ1) is 5.20. The fourth-order valence-corrected chi connectivity index (χ4v) is 1.32.